The predicted molar refractivity (Wildman–Crippen MR) is 63.0 cm³/mol. The van der Waals surface area contributed by atoms with Gasteiger partial charge in [0.05, 0.1) is 0 Å². The van der Waals surface area contributed by atoms with E-state index in [2.05, 4.69) is 0 Å². The van der Waals surface area contributed by atoms with Gasteiger partial charge < -0.3 is 0 Å². The third-order valence-electron chi connectivity index (χ3n) is 3.33. The molecule has 0 amide bonds. The van der Waals surface area contributed by atoms with Crippen LogP contribution < -0.4 is 0 Å². The van der Waals surface area contributed by atoms with Crippen LogP contribution in [-0.2, 0) is 9.59 Å². The van der Waals surface area contributed by atoms with Crippen molar-refractivity contribution in [3.8, 4) is 0 Å². The molecule has 0 spiro atoms. The van der Waals surface area contributed by atoms with Gasteiger partial charge in [0.25, 0.3) is 0 Å². The molecular formula is C14H18O2. The Morgan fingerprint density at radius 2 is 1.75 bits per heavy atom. The lowest BCUT2D eigenvalue weighted by Crippen LogP contribution is -2.25. The van der Waals surface area contributed by atoms with Crippen molar-refractivity contribution in [2.45, 2.75) is 46.5 Å². The lowest BCUT2D eigenvalue weighted by atomic mass is 9.74. The molecule has 0 radical (unpaired) electrons. The Morgan fingerprint density at radius 1 is 1.06 bits per heavy atom. The molecule has 0 aromatic rings. The minimum atomic E-state index is -0.159. The van der Waals surface area contributed by atoms with Crippen molar-refractivity contribution in [3.63, 3.8) is 0 Å². The molecule has 2 heteroatoms. The molecule has 0 N–H and O–H groups in total. The average molecular weight is 218 g/mol. The summed E-state index contributed by atoms with van der Waals surface area (Å²) < 4.78 is 0. The first-order valence-corrected chi connectivity index (χ1v) is 5.90. The maximum Gasteiger partial charge on any atom is 0.163 e. The smallest absolute Gasteiger partial charge is 0.163 e. The zero-order chi connectivity index (χ0) is 11.9. The van der Waals surface area contributed by atoms with Crippen molar-refractivity contribution in [2.24, 2.45) is 5.41 Å². The summed E-state index contributed by atoms with van der Waals surface area (Å²) in [5.41, 5.74) is 2.54. The fraction of sp³-hybridized carbons (Fsp3) is 0.571. The van der Waals surface area contributed by atoms with Gasteiger partial charge in [0, 0.05) is 24.0 Å². The Hall–Kier alpha value is -1.18. The summed E-state index contributed by atoms with van der Waals surface area (Å²) in [6.45, 7) is 6.07. The van der Waals surface area contributed by atoms with Crippen LogP contribution in [0.5, 0.6) is 0 Å². The minimum absolute atomic E-state index is 0.159. The van der Waals surface area contributed by atoms with E-state index >= 15 is 0 Å². The topological polar surface area (TPSA) is 34.1 Å². The number of hydrogen-bond acceptors (Lipinski definition) is 2. The standard InChI is InChI=1S/C14H18O2/c1-14(2,3)11-8-10-9(7-13(11)16)5-4-6-12(10)15/h8H,4-7H2,1-3H3. The number of ketones is 2. The van der Waals surface area contributed by atoms with E-state index in [1.807, 2.05) is 26.8 Å². The Morgan fingerprint density at radius 3 is 2.38 bits per heavy atom. The van der Waals surface area contributed by atoms with E-state index in [1.54, 1.807) is 0 Å². The Labute approximate surface area is 96.4 Å². The lowest BCUT2D eigenvalue weighted by molar-refractivity contribution is -0.116. The highest BCUT2D eigenvalue weighted by molar-refractivity contribution is 6.08. The summed E-state index contributed by atoms with van der Waals surface area (Å²) in [7, 11) is 0. The van der Waals surface area contributed by atoms with E-state index in [0.717, 1.165) is 29.6 Å². The summed E-state index contributed by atoms with van der Waals surface area (Å²) in [5, 5.41) is 0. The normalized spacial score (nSPS) is 22.1. The van der Waals surface area contributed by atoms with Crippen LogP contribution >= 0.6 is 0 Å². The van der Waals surface area contributed by atoms with Gasteiger partial charge in [-0.25, -0.2) is 0 Å². The monoisotopic (exact) mass is 218 g/mol. The molecule has 16 heavy (non-hydrogen) atoms. The Kier molecular flexibility index (Phi) is 2.61. The highest BCUT2D eigenvalue weighted by Gasteiger charge is 2.31. The molecule has 2 aliphatic carbocycles. The summed E-state index contributed by atoms with van der Waals surface area (Å²) >= 11 is 0. The van der Waals surface area contributed by atoms with Gasteiger partial charge in [-0.3, -0.25) is 9.59 Å². The number of carbonyl (C=O) groups is 2. The molecule has 0 fully saturated rings. The number of hydrogen-bond donors (Lipinski definition) is 0. The van der Waals surface area contributed by atoms with Crippen molar-refractivity contribution in [3.05, 3.63) is 22.8 Å². The van der Waals surface area contributed by atoms with Gasteiger partial charge in [0.15, 0.2) is 11.6 Å². The molecule has 0 unspecified atom stereocenters. The number of carbonyl (C=O) groups excluding carboxylic acids is 2. The van der Waals surface area contributed by atoms with E-state index in [9.17, 15) is 9.59 Å². The molecule has 2 rings (SSSR count). The molecule has 0 heterocycles. The average Bonchev–Trinajstić information content (AvgIpc) is 2.15. The second-order valence-electron chi connectivity index (χ2n) is 5.70. The molecule has 0 bridgehead atoms. The zero-order valence-corrected chi connectivity index (χ0v) is 10.2. The first kappa shape index (κ1) is 11.3. The predicted octanol–water partition coefficient (Wildman–Crippen LogP) is 2.98. The number of Topliss-reactive ketones (excluding diaryl/α,β-unsaturated/α-hetero) is 2. The molecule has 0 aromatic heterocycles. The van der Waals surface area contributed by atoms with Crippen molar-refractivity contribution in [1.29, 1.82) is 0 Å². The fourth-order valence-electron chi connectivity index (χ4n) is 2.44. The molecule has 0 saturated carbocycles. The lowest BCUT2D eigenvalue weighted by Gasteiger charge is -2.28. The number of allylic oxidation sites excluding steroid dienone is 4. The zero-order valence-electron chi connectivity index (χ0n) is 10.2. The van der Waals surface area contributed by atoms with Gasteiger partial charge in [0.2, 0.25) is 0 Å². The SMILES string of the molecule is CC(C)(C)C1=CC2=C(CCCC2=O)CC1=O. The van der Waals surface area contributed by atoms with Gasteiger partial charge in [0.1, 0.15) is 0 Å². The second-order valence-corrected chi connectivity index (χ2v) is 5.70. The first-order chi connectivity index (χ1) is 7.39. The van der Waals surface area contributed by atoms with E-state index in [0.29, 0.717) is 12.8 Å². The van der Waals surface area contributed by atoms with E-state index in [-0.39, 0.29) is 17.0 Å². The van der Waals surface area contributed by atoms with Crippen LogP contribution in [0.3, 0.4) is 0 Å². The fourth-order valence-corrected chi connectivity index (χ4v) is 2.44. The van der Waals surface area contributed by atoms with Crippen LogP contribution in [0, 0.1) is 5.41 Å². The Balaban J connectivity index is 2.46. The summed E-state index contributed by atoms with van der Waals surface area (Å²) in [6, 6.07) is 0. The van der Waals surface area contributed by atoms with Crippen LogP contribution in [-0.4, -0.2) is 11.6 Å². The summed E-state index contributed by atoms with van der Waals surface area (Å²) in [4.78, 5) is 23.8. The number of rotatable bonds is 0. The van der Waals surface area contributed by atoms with Crippen molar-refractivity contribution in [2.75, 3.05) is 0 Å². The maximum atomic E-state index is 12.0. The van der Waals surface area contributed by atoms with Gasteiger partial charge in [-0.1, -0.05) is 26.3 Å². The molecule has 0 atom stereocenters. The van der Waals surface area contributed by atoms with Gasteiger partial charge in [-0.05, 0) is 24.3 Å². The van der Waals surface area contributed by atoms with Crippen LogP contribution in [0.2, 0.25) is 0 Å². The van der Waals surface area contributed by atoms with Gasteiger partial charge in [-0.2, -0.15) is 0 Å². The highest BCUT2D eigenvalue weighted by atomic mass is 16.1. The molecule has 2 aliphatic rings. The van der Waals surface area contributed by atoms with Crippen LogP contribution in [0.15, 0.2) is 22.8 Å². The van der Waals surface area contributed by atoms with Crippen LogP contribution in [0.25, 0.3) is 0 Å². The van der Waals surface area contributed by atoms with Gasteiger partial charge >= 0.3 is 0 Å². The molecule has 0 saturated heterocycles. The van der Waals surface area contributed by atoms with Crippen LogP contribution in [0.4, 0.5) is 0 Å². The summed E-state index contributed by atoms with van der Waals surface area (Å²) in [5.74, 6) is 0.413. The quantitative estimate of drug-likeness (QED) is 0.626. The molecular weight excluding hydrogens is 200 g/mol. The second kappa shape index (κ2) is 3.69. The Bertz CT molecular complexity index is 417. The van der Waals surface area contributed by atoms with E-state index in [1.165, 1.54) is 0 Å². The highest BCUT2D eigenvalue weighted by Crippen LogP contribution is 2.37. The third-order valence-corrected chi connectivity index (χ3v) is 3.33. The molecule has 0 aliphatic heterocycles. The minimum Gasteiger partial charge on any atom is -0.294 e. The summed E-state index contributed by atoms with van der Waals surface area (Å²) in [6.07, 6.45) is 4.78. The molecule has 86 valence electrons. The van der Waals surface area contributed by atoms with Crippen molar-refractivity contribution in [1.82, 2.24) is 0 Å². The largest absolute Gasteiger partial charge is 0.294 e. The van der Waals surface area contributed by atoms with Crippen molar-refractivity contribution < 1.29 is 9.59 Å². The van der Waals surface area contributed by atoms with Gasteiger partial charge in [-0.15, -0.1) is 0 Å². The molecule has 0 aromatic carbocycles. The van der Waals surface area contributed by atoms with Crippen LogP contribution in [0.1, 0.15) is 46.5 Å². The van der Waals surface area contributed by atoms with E-state index < -0.39 is 0 Å². The third kappa shape index (κ3) is 1.89. The van der Waals surface area contributed by atoms with Crippen molar-refractivity contribution >= 4 is 11.6 Å². The first-order valence-electron chi connectivity index (χ1n) is 5.90. The van der Waals surface area contributed by atoms with E-state index in [4.69, 9.17) is 0 Å². The molecule has 2 nitrogen and oxygen atoms in total. The maximum absolute atomic E-state index is 12.0.